The van der Waals surface area contributed by atoms with Crippen LogP contribution in [0.5, 0.6) is 0 Å². The molecule has 2 atom stereocenters. The zero-order chi connectivity index (χ0) is 14.7. The molecule has 1 fully saturated rings. The fourth-order valence-corrected chi connectivity index (χ4v) is 3.09. The van der Waals surface area contributed by atoms with Gasteiger partial charge in [-0.2, -0.15) is 0 Å². The minimum absolute atomic E-state index is 0.510. The Balaban J connectivity index is 1.62. The van der Waals surface area contributed by atoms with Crippen molar-refractivity contribution in [3.8, 4) is 0 Å². The molecule has 3 heteroatoms. The summed E-state index contributed by atoms with van der Waals surface area (Å²) in [5.74, 6) is 0. The van der Waals surface area contributed by atoms with Crippen molar-refractivity contribution in [3.05, 3.63) is 59.9 Å². The third kappa shape index (κ3) is 3.42. The van der Waals surface area contributed by atoms with Crippen LogP contribution in [-0.2, 0) is 6.54 Å². The maximum atomic E-state index is 4.25. The predicted octanol–water partition coefficient (Wildman–Crippen LogP) is 3.46. The van der Waals surface area contributed by atoms with Crippen molar-refractivity contribution in [2.24, 2.45) is 0 Å². The van der Waals surface area contributed by atoms with E-state index in [9.17, 15) is 0 Å². The van der Waals surface area contributed by atoms with Gasteiger partial charge in [0.1, 0.15) is 0 Å². The number of likely N-dealkylation sites (tertiary alicyclic amines) is 1. The number of hydrogen-bond acceptors (Lipinski definition) is 3. The van der Waals surface area contributed by atoms with Gasteiger partial charge in [0.15, 0.2) is 0 Å². The Hall–Kier alpha value is -1.87. The molecule has 0 saturated carbocycles. The minimum atomic E-state index is 0.510. The number of aryl methyl sites for hydroxylation is 1. The van der Waals surface area contributed by atoms with Gasteiger partial charge in [0.25, 0.3) is 0 Å². The molecule has 1 aliphatic rings. The van der Waals surface area contributed by atoms with Gasteiger partial charge in [0.2, 0.25) is 0 Å². The van der Waals surface area contributed by atoms with Gasteiger partial charge in [-0.25, -0.2) is 0 Å². The Bertz CT molecular complexity index is 582. The number of nitrogens with one attached hydrogen (secondary N) is 1. The summed E-state index contributed by atoms with van der Waals surface area (Å²) in [7, 11) is 0. The molecule has 2 heterocycles. The van der Waals surface area contributed by atoms with Crippen LogP contribution in [0, 0.1) is 6.92 Å². The highest BCUT2D eigenvalue weighted by atomic mass is 15.2. The third-order valence-corrected chi connectivity index (χ3v) is 4.36. The average Bonchev–Trinajstić information content (AvgIpc) is 2.82. The fourth-order valence-electron chi connectivity index (χ4n) is 3.09. The molecule has 0 spiro atoms. The van der Waals surface area contributed by atoms with Crippen molar-refractivity contribution >= 4 is 5.69 Å². The molecule has 0 amide bonds. The summed E-state index contributed by atoms with van der Waals surface area (Å²) in [6, 6.07) is 15.9. The Labute approximate surface area is 127 Å². The van der Waals surface area contributed by atoms with Crippen molar-refractivity contribution in [2.75, 3.05) is 11.9 Å². The highest BCUT2D eigenvalue weighted by Gasteiger charge is 2.30. The summed E-state index contributed by atoms with van der Waals surface area (Å²) in [4.78, 5) is 6.81. The first-order valence-corrected chi connectivity index (χ1v) is 7.69. The van der Waals surface area contributed by atoms with Crippen LogP contribution in [0.4, 0.5) is 5.69 Å². The van der Waals surface area contributed by atoms with Crippen LogP contribution in [0.15, 0.2) is 48.7 Å². The Kier molecular flexibility index (Phi) is 4.20. The summed E-state index contributed by atoms with van der Waals surface area (Å²) in [6.07, 6.45) is 3.06. The van der Waals surface area contributed by atoms with E-state index in [1.54, 1.807) is 0 Å². The second-order valence-electron chi connectivity index (χ2n) is 5.92. The molecule has 1 N–H and O–H groups in total. The quantitative estimate of drug-likeness (QED) is 0.930. The van der Waals surface area contributed by atoms with Gasteiger partial charge in [0, 0.05) is 42.8 Å². The van der Waals surface area contributed by atoms with E-state index in [1.165, 1.54) is 17.7 Å². The Morgan fingerprint density at radius 2 is 2.05 bits per heavy atom. The first kappa shape index (κ1) is 14.1. The molecule has 2 aromatic rings. The van der Waals surface area contributed by atoms with Crippen LogP contribution in [-0.4, -0.2) is 28.5 Å². The molecule has 1 aromatic carbocycles. The van der Waals surface area contributed by atoms with Gasteiger partial charge >= 0.3 is 0 Å². The molecule has 0 aliphatic carbocycles. The Morgan fingerprint density at radius 1 is 1.24 bits per heavy atom. The second kappa shape index (κ2) is 6.27. The van der Waals surface area contributed by atoms with Crippen LogP contribution < -0.4 is 5.32 Å². The summed E-state index contributed by atoms with van der Waals surface area (Å²) >= 11 is 0. The van der Waals surface area contributed by atoms with Crippen molar-refractivity contribution in [1.82, 2.24) is 9.88 Å². The first-order chi connectivity index (χ1) is 10.2. The maximum Gasteiger partial charge on any atom is 0.0426 e. The average molecular weight is 281 g/mol. The monoisotopic (exact) mass is 281 g/mol. The van der Waals surface area contributed by atoms with E-state index < -0.39 is 0 Å². The van der Waals surface area contributed by atoms with E-state index in [-0.39, 0.29) is 0 Å². The van der Waals surface area contributed by atoms with E-state index >= 15 is 0 Å². The van der Waals surface area contributed by atoms with Crippen LogP contribution in [0.2, 0.25) is 0 Å². The fraction of sp³-hybridized carbons (Fsp3) is 0.389. The minimum Gasteiger partial charge on any atom is -0.381 e. The lowest BCUT2D eigenvalue weighted by molar-refractivity contribution is 0.255. The summed E-state index contributed by atoms with van der Waals surface area (Å²) in [6.45, 7) is 6.54. The van der Waals surface area contributed by atoms with Crippen molar-refractivity contribution in [2.45, 2.75) is 38.9 Å². The van der Waals surface area contributed by atoms with Gasteiger partial charge in [-0.15, -0.1) is 0 Å². The van der Waals surface area contributed by atoms with Gasteiger partial charge in [-0.05, 0) is 38.0 Å². The number of pyridine rings is 1. The lowest BCUT2D eigenvalue weighted by atomic mass is 10.1. The summed E-state index contributed by atoms with van der Waals surface area (Å²) in [5.41, 5.74) is 3.64. The SMILES string of the molecule is Cc1cc(NC2CCN(Cc3ccccc3)C2C)ccn1. The molecule has 1 saturated heterocycles. The van der Waals surface area contributed by atoms with Crippen LogP contribution in [0.3, 0.4) is 0 Å². The van der Waals surface area contributed by atoms with E-state index in [0.717, 1.165) is 18.8 Å². The van der Waals surface area contributed by atoms with Crippen molar-refractivity contribution in [3.63, 3.8) is 0 Å². The van der Waals surface area contributed by atoms with Crippen LogP contribution in [0.25, 0.3) is 0 Å². The first-order valence-electron chi connectivity index (χ1n) is 7.69. The zero-order valence-corrected chi connectivity index (χ0v) is 12.8. The molecule has 1 aliphatic heterocycles. The predicted molar refractivity (Wildman–Crippen MR) is 87.3 cm³/mol. The molecule has 21 heavy (non-hydrogen) atoms. The topological polar surface area (TPSA) is 28.2 Å². The van der Waals surface area contributed by atoms with Gasteiger partial charge < -0.3 is 5.32 Å². The van der Waals surface area contributed by atoms with E-state index in [4.69, 9.17) is 0 Å². The number of rotatable bonds is 4. The Morgan fingerprint density at radius 3 is 2.81 bits per heavy atom. The highest BCUT2D eigenvalue weighted by molar-refractivity contribution is 5.44. The number of anilines is 1. The van der Waals surface area contributed by atoms with Gasteiger partial charge in [-0.1, -0.05) is 30.3 Å². The molecular weight excluding hydrogens is 258 g/mol. The molecule has 2 unspecified atom stereocenters. The molecule has 110 valence electrons. The molecule has 0 radical (unpaired) electrons. The van der Waals surface area contributed by atoms with E-state index in [0.29, 0.717) is 12.1 Å². The number of nitrogens with zero attached hydrogens (tertiary/aromatic N) is 2. The number of benzene rings is 1. The van der Waals surface area contributed by atoms with E-state index in [1.807, 2.05) is 13.1 Å². The smallest absolute Gasteiger partial charge is 0.0426 e. The van der Waals surface area contributed by atoms with Gasteiger partial charge in [-0.3, -0.25) is 9.88 Å². The molecular formula is C18H23N3. The zero-order valence-electron chi connectivity index (χ0n) is 12.8. The van der Waals surface area contributed by atoms with Crippen molar-refractivity contribution in [1.29, 1.82) is 0 Å². The standard InChI is InChI=1S/C18H23N3/c1-14-12-17(8-10-19-14)20-18-9-11-21(15(18)2)13-16-6-4-3-5-7-16/h3-8,10,12,15,18H,9,11,13H2,1-2H3,(H,19,20). The highest BCUT2D eigenvalue weighted by Crippen LogP contribution is 2.23. The van der Waals surface area contributed by atoms with Crippen LogP contribution in [0.1, 0.15) is 24.6 Å². The largest absolute Gasteiger partial charge is 0.381 e. The second-order valence-corrected chi connectivity index (χ2v) is 5.92. The van der Waals surface area contributed by atoms with Gasteiger partial charge in [0.05, 0.1) is 0 Å². The number of hydrogen-bond donors (Lipinski definition) is 1. The lowest BCUT2D eigenvalue weighted by Crippen LogP contribution is -2.35. The number of aromatic nitrogens is 1. The molecule has 3 nitrogen and oxygen atoms in total. The molecule has 1 aromatic heterocycles. The molecule has 0 bridgehead atoms. The lowest BCUT2D eigenvalue weighted by Gasteiger charge is -2.25. The maximum absolute atomic E-state index is 4.25. The normalized spacial score (nSPS) is 22.4. The third-order valence-electron chi connectivity index (χ3n) is 4.36. The van der Waals surface area contributed by atoms with E-state index in [2.05, 4.69) is 64.6 Å². The van der Waals surface area contributed by atoms with Crippen molar-refractivity contribution < 1.29 is 0 Å². The summed E-state index contributed by atoms with van der Waals surface area (Å²) in [5, 5.41) is 3.67. The van der Waals surface area contributed by atoms with Crippen LogP contribution >= 0.6 is 0 Å². The molecule has 3 rings (SSSR count). The summed E-state index contributed by atoms with van der Waals surface area (Å²) < 4.78 is 0.